The molecule has 0 spiro atoms. The van der Waals surface area contributed by atoms with Crippen LogP contribution in [-0.4, -0.2) is 37.7 Å². The highest BCUT2D eigenvalue weighted by Crippen LogP contribution is 2.38. The molecule has 7 heteroatoms. The fourth-order valence-electron chi connectivity index (χ4n) is 3.18. The summed E-state index contributed by atoms with van der Waals surface area (Å²) in [7, 11) is -2.98. The number of nitrogens with one attached hydrogen (secondary N) is 1. The van der Waals surface area contributed by atoms with Gasteiger partial charge in [0.15, 0.2) is 9.84 Å². The van der Waals surface area contributed by atoms with Crippen molar-refractivity contribution in [2.75, 3.05) is 11.5 Å². The van der Waals surface area contributed by atoms with Crippen LogP contribution in [0.2, 0.25) is 0 Å². The lowest BCUT2D eigenvalue weighted by molar-refractivity contribution is -0.182. The molecule has 0 aromatic heterocycles. The van der Waals surface area contributed by atoms with E-state index in [0.717, 1.165) is 0 Å². The molecule has 0 aromatic carbocycles. The average molecular weight is 299 g/mol. The summed E-state index contributed by atoms with van der Waals surface area (Å²) in [5, 5.41) is 3.28. The van der Waals surface area contributed by atoms with E-state index in [-0.39, 0.29) is 30.4 Å². The van der Waals surface area contributed by atoms with Crippen molar-refractivity contribution >= 4 is 9.84 Å². The maximum atomic E-state index is 12.6. The Bertz CT molecular complexity index is 427. The first-order valence-corrected chi connectivity index (χ1v) is 8.47. The molecule has 2 fully saturated rings. The van der Waals surface area contributed by atoms with E-state index in [4.69, 9.17) is 0 Å². The second-order valence-corrected chi connectivity index (χ2v) is 8.32. The van der Waals surface area contributed by atoms with E-state index in [1.807, 2.05) is 6.92 Å². The van der Waals surface area contributed by atoms with Crippen molar-refractivity contribution in [2.45, 2.75) is 56.8 Å². The highest BCUT2D eigenvalue weighted by molar-refractivity contribution is 7.91. The molecule has 1 aliphatic heterocycles. The molecule has 0 bridgehead atoms. The van der Waals surface area contributed by atoms with Gasteiger partial charge in [-0.1, -0.05) is 0 Å². The summed E-state index contributed by atoms with van der Waals surface area (Å²) in [5.41, 5.74) is -0.464. The average Bonchev–Trinajstić information content (AvgIpc) is 2.52. The minimum absolute atomic E-state index is 0.0110. The number of sulfone groups is 1. The third-order valence-corrected chi connectivity index (χ3v) is 6.15. The van der Waals surface area contributed by atoms with E-state index in [1.165, 1.54) is 0 Å². The molecule has 1 saturated heterocycles. The zero-order valence-electron chi connectivity index (χ0n) is 11.0. The van der Waals surface area contributed by atoms with E-state index in [2.05, 4.69) is 5.32 Å². The predicted octanol–water partition coefficient (Wildman–Crippen LogP) is 2.27. The third kappa shape index (κ3) is 3.84. The minimum Gasteiger partial charge on any atom is -0.308 e. The molecule has 1 atom stereocenters. The summed E-state index contributed by atoms with van der Waals surface area (Å²) in [6.45, 7) is 1.85. The second-order valence-electron chi connectivity index (χ2n) is 6.14. The molecule has 19 heavy (non-hydrogen) atoms. The van der Waals surface area contributed by atoms with Crippen LogP contribution in [-0.2, 0) is 9.84 Å². The van der Waals surface area contributed by atoms with E-state index in [9.17, 15) is 21.6 Å². The normalized spacial score (nSPS) is 39.4. The van der Waals surface area contributed by atoms with E-state index in [1.54, 1.807) is 0 Å². The molecule has 1 N–H and O–H groups in total. The quantitative estimate of drug-likeness (QED) is 0.851. The molecule has 1 saturated carbocycles. The van der Waals surface area contributed by atoms with Crippen LogP contribution in [0, 0.1) is 5.92 Å². The molecule has 112 valence electrons. The first-order chi connectivity index (χ1) is 8.60. The molecule has 1 aliphatic carbocycles. The van der Waals surface area contributed by atoms with Crippen molar-refractivity contribution in [1.82, 2.24) is 5.32 Å². The largest absolute Gasteiger partial charge is 0.391 e. The van der Waals surface area contributed by atoms with Gasteiger partial charge in [-0.25, -0.2) is 8.42 Å². The highest BCUT2D eigenvalue weighted by Gasteiger charge is 2.44. The monoisotopic (exact) mass is 299 g/mol. The Balaban J connectivity index is 1.87. The van der Waals surface area contributed by atoms with E-state index < -0.39 is 27.5 Å². The Labute approximate surface area is 111 Å². The van der Waals surface area contributed by atoms with Crippen molar-refractivity contribution in [3.05, 3.63) is 0 Å². The lowest BCUT2D eigenvalue weighted by Gasteiger charge is -2.35. The Morgan fingerprint density at radius 2 is 1.74 bits per heavy atom. The number of halogens is 3. The molecular formula is C12H20F3NO2S. The fraction of sp³-hybridized carbons (Fsp3) is 1.00. The lowest BCUT2D eigenvalue weighted by atomic mass is 9.84. The van der Waals surface area contributed by atoms with E-state index in [0.29, 0.717) is 19.3 Å². The maximum Gasteiger partial charge on any atom is 0.391 e. The molecule has 1 heterocycles. The van der Waals surface area contributed by atoms with Gasteiger partial charge in [0.25, 0.3) is 0 Å². The Morgan fingerprint density at radius 1 is 1.16 bits per heavy atom. The van der Waals surface area contributed by atoms with Gasteiger partial charge in [0.05, 0.1) is 17.4 Å². The molecule has 0 amide bonds. The van der Waals surface area contributed by atoms with Gasteiger partial charge in [0.1, 0.15) is 0 Å². The molecular weight excluding hydrogens is 279 g/mol. The Hall–Kier alpha value is -0.300. The van der Waals surface area contributed by atoms with Gasteiger partial charge in [-0.2, -0.15) is 13.2 Å². The van der Waals surface area contributed by atoms with Gasteiger partial charge in [-0.05, 0) is 39.0 Å². The van der Waals surface area contributed by atoms with Crippen molar-refractivity contribution in [1.29, 1.82) is 0 Å². The number of hydrogen-bond donors (Lipinski definition) is 1. The van der Waals surface area contributed by atoms with Gasteiger partial charge in [0.2, 0.25) is 0 Å². The Kier molecular flexibility index (Phi) is 3.90. The SMILES string of the molecule is CC1(NC2CCC(C(F)(F)F)CC2)CCS(=O)(=O)C1. The summed E-state index contributed by atoms with van der Waals surface area (Å²) >= 11 is 0. The van der Waals surface area contributed by atoms with Crippen LogP contribution in [0.4, 0.5) is 13.2 Å². The summed E-state index contributed by atoms with van der Waals surface area (Å²) in [4.78, 5) is 0. The standard InChI is InChI=1S/C12H20F3NO2S/c1-11(6-7-19(17,18)8-11)16-10-4-2-9(3-5-10)12(13,14)15/h9-10,16H,2-8H2,1H3. The number of hydrogen-bond acceptors (Lipinski definition) is 3. The third-order valence-electron chi connectivity index (χ3n) is 4.25. The van der Waals surface area contributed by atoms with Crippen LogP contribution in [0.3, 0.4) is 0 Å². The Morgan fingerprint density at radius 3 is 2.16 bits per heavy atom. The molecule has 2 aliphatic rings. The first kappa shape index (κ1) is 15.1. The van der Waals surface area contributed by atoms with Crippen LogP contribution in [0.5, 0.6) is 0 Å². The van der Waals surface area contributed by atoms with Crippen molar-refractivity contribution in [3.63, 3.8) is 0 Å². The van der Waals surface area contributed by atoms with Crippen molar-refractivity contribution < 1.29 is 21.6 Å². The maximum absolute atomic E-state index is 12.6. The van der Waals surface area contributed by atoms with Gasteiger partial charge in [-0.3, -0.25) is 0 Å². The lowest BCUT2D eigenvalue weighted by Crippen LogP contribution is -2.50. The highest BCUT2D eigenvalue weighted by atomic mass is 32.2. The number of rotatable bonds is 2. The van der Waals surface area contributed by atoms with Crippen LogP contribution in [0.1, 0.15) is 39.0 Å². The topological polar surface area (TPSA) is 46.2 Å². The second kappa shape index (κ2) is 4.91. The zero-order chi connectivity index (χ0) is 14.3. The fourth-order valence-corrected chi connectivity index (χ4v) is 5.29. The minimum atomic E-state index is -4.09. The van der Waals surface area contributed by atoms with Crippen LogP contribution in [0.25, 0.3) is 0 Å². The number of alkyl halides is 3. The van der Waals surface area contributed by atoms with Crippen LogP contribution in [0.15, 0.2) is 0 Å². The first-order valence-electron chi connectivity index (χ1n) is 6.65. The summed E-state index contributed by atoms with van der Waals surface area (Å²) < 4.78 is 60.6. The molecule has 0 aromatic rings. The summed E-state index contributed by atoms with van der Waals surface area (Å²) in [6, 6.07) is 0.0110. The van der Waals surface area contributed by atoms with Gasteiger partial charge < -0.3 is 5.32 Å². The van der Waals surface area contributed by atoms with Crippen LogP contribution < -0.4 is 5.32 Å². The molecule has 1 unspecified atom stereocenters. The zero-order valence-corrected chi connectivity index (χ0v) is 11.8. The van der Waals surface area contributed by atoms with E-state index >= 15 is 0 Å². The van der Waals surface area contributed by atoms with Gasteiger partial charge in [-0.15, -0.1) is 0 Å². The molecule has 2 rings (SSSR count). The molecule has 3 nitrogen and oxygen atoms in total. The van der Waals surface area contributed by atoms with Gasteiger partial charge in [0, 0.05) is 11.6 Å². The van der Waals surface area contributed by atoms with Gasteiger partial charge >= 0.3 is 6.18 Å². The summed E-state index contributed by atoms with van der Waals surface area (Å²) in [6.07, 6.45) is -2.31. The predicted molar refractivity (Wildman–Crippen MR) is 66.6 cm³/mol. The van der Waals surface area contributed by atoms with Crippen molar-refractivity contribution in [2.24, 2.45) is 5.92 Å². The summed E-state index contributed by atoms with van der Waals surface area (Å²) in [5.74, 6) is -0.918. The van der Waals surface area contributed by atoms with Crippen LogP contribution >= 0.6 is 0 Å². The molecule has 0 radical (unpaired) electrons. The van der Waals surface area contributed by atoms with Crippen molar-refractivity contribution in [3.8, 4) is 0 Å². The smallest absolute Gasteiger partial charge is 0.308 e.